The van der Waals surface area contributed by atoms with Crippen molar-refractivity contribution in [3.8, 4) is 0 Å². The maximum atomic E-state index is 12.6. The third kappa shape index (κ3) is 5.29. The monoisotopic (exact) mass is 263 g/mol. The second-order valence-electron chi connectivity index (χ2n) is 4.55. The molecule has 0 aliphatic carbocycles. The fourth-order valence-electron chi connectivity index (χ4n) is 0.853. The summed E-state index contributed by atoms with van der Waals surface area (Å²) in [5, 5.41) is 0. The molecule has 102 valence electrons. The number of hydrogen-bond donors (Lipinski definition) is 1. The number of esters is 1. The lowest BCUT2D eigenvalue weighted by atomic mass is 10.1. The fourth-order valence-corrected chi connectivity index (χ4v) is 0.853. The van der Waals surface area contributed by atoms with E-state index in [0.29, 0.717) is 0 Å². The molecular formula is C9H14F5NO2. The number of ether oxygens (including phenoxy) is 1. The van der Waals surface area contributed by atoms with Crippen molar-refractivity contribution in [3.63, 3.8) is 0 Å². The largest absolute Gasteiger partial charge is 0.459 e. The van der Waals surface area contributed by atoms with Gasteiger partial charge in [0.1, 0.15) is 11.6 Å². The topological polar surface area (TPSA) is 52.3 Å². The third-order valence-corrected chi connectivity index (χ3v) is 1.60. The van der Waals surface area contributed by atoms with Crippen LogP contribution in [0.5, 0.6) is 0 Å². The van der Waals surface area contributed by atoms with E-state index in [2.05, 4.69) is 4.74 Å². The van der Waals surface area contributed by atoms with E-state index in [1.54, 1.807) is 0 Å². The van der Waals surface area contributed by atoms with Crippen LogP contribution in [0.25, 0.3) is 0 Å². The Kier molecular flexibility index (Phi) is 4.50. The molecule has 0 aromatic carbocycles. The number of carbonyl (C=O) groups is 1. The van der Waals surface area contributed by atoms with Gasteiger partial charge in [-0.25, -0.2) is 0 Å². The highest BCUT2D eigenvalue weighted by molar-refractivity contribution is 5.76. The zero-order valence-electron chi connectivity index (χ0n) is 9.57. The molecule has 0 aromatic heterocycles. The number of rotatable bonds is 3. The van der Waals surface area contributed by atoms with Crippen molar-refractivity contribution in [2.45, 2.75) is 50.9 Å². The van der Waals surface area contributed by atoms with Gasteiger partial charge in [0.05, 0.1) is 0 Å². The molecule has 2 N–H and O–H groups in total. The maximum absolute atomic E-state index is 12.6. The van der Waals surface area contributed by atoms with Crippen molar-refractivity contribution in [3.05, 3.63) is 0 Å². The van der Waals surface area contributed by atoms with Gasteiger partial charge in [-0.1, -0.05) is 0 Å². The Hall–Kier alpha value is -0.920. The number of halogens is 5. The SMILES string of the molecule is CC(C)(C)OC(=O)[C@@H](N)CC(F)(F)C(F)(F)F. The number of alkyl halides is 5. The lowest BCUT2D eigenvalue weighted by Gasteiger charge is -2.25. The van der Waals surface area contributed by atoms with Gasteiger partial charge >= 0.3 is 18.1 Å². The molecule has 0 radical (unpaired) electrons. The van der Waals surface area contributed by atoms with E-state index in [4.69, 9.17) is 5.73 Å². The Morgan fingerprint density at radius 2 is 1.59 bits per heavy atom. The van der Waals surface area contributed by atoms with Crippen LogP contribution in [-0.2, 0) is 9.53 Å². The van der Waals surface area contributed by atoms with Crippen molar-refractivity contribution in [1.82, 2.24) is 0 Å². The molecule has 0 aromatic rings. The van der Waals surface area contributed by atoms with E-state index in [1.807, 2.05) is 0 Å². The average molecular weight is 263 g/mol. The number of hydrogen-bond acceptors (Lipinski definition) is 3. The van der Waals surface area contributed by atoms with Gasteiger partial charge in [-0.15, -0.1) is 0 Å². The minimum absolute atomic E-state index is 0.998. The zero-order valence-corrected chi connectivity index (χ0v) is 9.57. The van der Waals surface area contributed by atoms with Gasteiger partial charge in [-0.2, -0.15) is 22.0 Å². The maximum Gasteiger partial charge on any atom is 0.453 e. The van der Waals surface area contributed by atoms with Crippen LogP contribution in [0.2, 0.25) is 0 Å². The summed E-state index contributed by atoms with van der Waals surface area (Å²) >= 11 is 0. The predicted molar refractivity (Wildman–Crippen MR) is 49.4 cm³/mol. The quantitative estimate of drug-likeness (QED) is 0.627. The van der Waals surface area contributed by atoms with Gasteiger partial charge < -0.3 is 10.5 Å². The van der Waals surface area contributed by atoms with Crippen molar-refractivity contribution in [2.24, 2.45) is 5.73 Å². The van der Waals surface area contributed by atoms with Gasteiger partial charge in [0, 0.05) is 6.42 Å². The molecule has 0 amide bonds. The molecule has 0 spiro atoms. The van der Waals surface area contributed by atoms with Gasteiger partial charge in [0.15, 0.2) is 0 Å². The molecule has 0 unspecified atom stereocenters. The fraction of sp³-hybridized carbons (Fsp3) is 0.889. The standard InChI is InChI=1S/C9H14F5NO2/c1-7(2,3)17-6(16)5(15)4-8(10,11)9(12,13)14/h5H,4,15H2,1-3H3/t5-/m0/s1. The lowest BCUT2D eigenvalue weighted by molar-refractivity contribution is -0.285. The second-order valence-corrected chi connectivity index (χ2v) is 4.55. The Labute approximate surface area is 95.1 Å². The number of nitrogens with two attached hydrogens (primary N) is 1. The second kappa shape index (κ2) is 4.75. The Morgan fingerprint density at radius 3 is 1.88 bits per heavy atom. The summed E-state index contributed by atoms with van der Waals surface area (Å²) in [5.74, 6) is -6.30. The molecule has 8 heteroatoms. The van der Waals surface area contributed by atoms with E-state index in [1.165, 1.54) is 20.8 Å². The molecule has 0 bridgehead atoms. The van der Waals surface area contributed by atoms with E-state index in [9.17, 15) is 26.7 Å². The molecule has 17 heavy (non-hydrogen) atoms. The Bertz CT molecular complexity index is 282. The molecule has 0 aliphatic heterocycles. The van der Waals surface area contributed by atoms with Crippen LogP contribution in [0.15, 0.2) is 0 Å². The lowest BCUT2D eigenvalue weighted by Crippen LogP contribution is -2.46. The molecule has 0 saturated carbocycles. The first-order valence-electron chi connectivity index (χ1n) is 4.69. The molecule has 0 saturated heterocycles. The summed E-state index contributed by atoms with van der Waals surface area (Å²) < 4.78 is 65.2. The summed E-state index contributed by atoms with van der Waals surface area (Å²) in [6, 6.07) is -2.02. The first kappa shape index (κ1) is 16.1. The van der Waals surface area contributed by atoms with Crippen LogP contribution in [0.3, 0.4) is 0 Å². The summed E-state index contributed by atoms with van der Waals surface area (Å²) in [6.07, 6.45) is -7.56. The number of carbonyl (C=O) groups excluding carboxylic acids is 1. The first-order valence-corrected chi connectivity index (χ1v) is 4.69. The summed E-state index contributed by atoms with van der Waals surface area (Å²) in [6.45, 7) is 4.33. The molecule has 0 heterocycles. The highest BCUT2D eigenvalue weighted by Gasteiger charge is 2.58. The Morgan fingerprint density at radius 1 is 1.18 bits per heavy atom. The zero-order chi connectivity index (χ0) is 14.1. The van der Waals surface area contributed by atoms with Crippen LogP contribution >= 0.6 is 0 Å². The van der Waals surface area contributed by atoms with Crippen LogP contribution < -0.4 is 5.73 Å². The highest BCUT2D eigenvalue weighted by Crippen LogP contribution is 2.38. The Balaban J connectivity index is 4.56. The first-order chi connectivity index (χ1) is 7.26. The van der Waals surface area contributed by atoms with Gasteiger partial charge in [0.2, 0.25) is 0 Å². The van der Waals surface area contributed by atoms with Crippen LogP contribution in [0.1, 0.15) is 27.2 Å². The molecule has 3 nitrogen and oxygen atoms in total. The van der Waals surface area contributed by atoms with Gasteiger partial charge in [-0.3, -0.25) is 4.79 Å². The normalized spacial score (nSPS) is 15.6. The average Bonchev–Trinajstić information content (AvgIpc) is 1.97. The summed E-state index contributed by atoms with van der Waals surface area (Å²) in [5.41, 5.74) is 3.95. The van der Waals surface area contributed by atoms with Crippen LogP contribution in [0, 0.1) is 0 Å². The van der Waals surface area contributed by atoms with E-state index in [-0.39, 0.29) is 0 Å². The van der Waals surface area contributed by atoms with Crippen molar-refractivity contribution < 1.29 is 31.5 Å². The van der Waals surface area contributed by atoms with E-state index in [0.717, 1.165) is 0 Å². The minimum atomic E-state index is -5.73. The molecule has 0 aliphatic rings. The van der Waals surface area contributed by atoms with E-state index >= 15 is 0 Å². The molecule has 1 atom stereocenters. The molecule has 0 rings (SSSR count). The predicted octanol–water partition coefficient (Wildman–Crippen LogP) is 2.24. The third-order valence-electron chi connectivity index (χ3n) is 1.60. The van der Waals surface area contributed by atoms with Gasteiger partial charge in [0.25, 0.3) is 0 Å². The van der Waals surface area contributed by atoms with Crippen molar-refractivity contribution >= 4 is 5.97 Å². The van der Waals surface area contributed by atoms with Crippen molar-refractivity contribution in [2.75, 3.05) is 0 Å². The minimum Gasteiger partial charge on any atom is -0.459 e. The van der Waals surface area contributed by atoms with Crippen LogP contribution in [-0.4, -0.2) is 29.7 Å². The van der Waals surface area contributed by atoms with Crippen molar-refractivity contribution in [1.29, 1.82) is 0 Å². The highest BCUT2D eigenvalue weighted by atomic mass is 19.4. The van der Waals surface area contributed by atoms with Crippen LogP contribution in [0.4, 0.5) is 22.0 Å². The summed E-state index contributed by atoms with van der Waals surface area (Å²) in [4.78, 5) is 11.1. The van der Waals surface area contributed by atoms with Gasteiger partial charge in [-0.05, 0) is 20.8 Å². The smallest absolute Gasteiger partial charge is 0.453 e. The molecular weight excluding hydrogens is 249 g/mol. The molecule has 0 fully saturated rings. The van der Waals surface area contributed by atoms with E-state index < -0.39 is 36.1 Å². The summed E-state index contributed by atoms with van der Waals surface area (Å²) in [7, 11) is 0.